The highest BCUT2D eigenvalue weighted by atomic mass is 31.2. The maximum absolute atomic E-state index is 7.96. The molecule has 290 valence electrons. The van der Waals surface area contributed by atoms with Crippen LogP contribution in [0.1, 0.15) is 78.8 Å². The van der Waals surface area contributed by atoms with Crippen LogP contribution in [0.4, 0.5) is 0 Å². The van der Waals surface area contributed by atoms with Gasteiger partial charge in [0.25, 0.3) is 0 Å². The third kappa shape index (κ3) is 8.34. The van der Waals surface area contributed by atoms with E-state index in [-0.39, 0.29) is 24.2 Å². The SMILES string of the molecule is [B][P+](C[C@@H]1Cc2ccccc2[C@@H]([C@H]2N[C@H](C[P+]([B])(c3cc(C)cc(C)c3)c3cc(C)cc(C)c3)Cc3ccccc32)N1)(c1cc(C)cc(C)c1)c1cc(C)cc(C)c1. The summed E-state index contributed by atoms with van der Waals surface area (Å²) in [6, 6.07) is 46.6. The fourth-order valence-corrected chi connectivity index (χ4v) is 17.1. The molecule has 6 aromatic rings. The molecule has 0 amide bonds. The summed E-state index contributed by atoms with van der Waals surface area (Å²) in [5, 5.41) is 13.8. The second-order valence-electron chi connectivity index (χ2n) is 18.0. The highest BCUT2D eigenvalue weighted by molar-refractivity contribution is 8.09. The molecule has 6 aromatic carbocycles. The van der Waals surface area contributed by atoms with Crippen molar-refractivity contribution in [2.45, 2.75) is 92.4 Å². The molecular weight excluding hydrogens is 736 g/mol. The molecule has 0 unspecified atom stereocenters. The zero-order valence-electron chi connectivity index (χ0n) is 35.7. The first-order valence-electron chi connectivity index (χ1n) is 21.0. The maximum Gasteiger partial charge on any atom is 0.377 e. The van der Waals surface area contributed by atoms with Gasteiger partial charge in [-0.05, 0) is 184 Å². The molecule has 2 N–H and O–H groups in total. The number of aryl methyl sites for hydroxylation is 8. The normalized spacial score (nSPS) is 19.4. The number of benzene rings is 6. The van der Waals surface area contributed by atoms with E-state index in [1.807, 2.05) is 0 Å². The summed E-state index contributed by atoms with van der Waals surface area (Å²) in [5.74, 6) is 0. The first kappa shape index (κ1) is 41.0. The molecule has 0 saturated heterocycles. The smallest absolute Gasteiger partial charge is 0.302 e. The summed E-state index contributed by atoms with van der Waals surface area (Å²) in [6.45, 7) is 17.6. The van der Waals surface area contributed by atoms with Gasteiger partial charge in [-0.15, -0.1) is 0 Å². The van der Waals surface area contributed by atoms with Gasteiger partial charge < -0.3 is 10.6 Å². The molecule has 8 rings (SSSR count). The summed E-state index contributed by atoms with van der Waals surface area (Å²) < 4.78 is 0. The zero-order valence-corrected chi connectivity index (χ0v) is 37.5. The Labute approximate surface area is 352 Å². The third-order valence-corrected chi connectivity index (χ3v) is 19.3. The van der Waals surface area contributed by atoms with Crippen LogP contribution in [-0.4, -0.2) is 39.5 Å². The van der Waals surface area contributed by atoms with Crippen LogP contribution in [0.2, 0.25) is 0 Å². The van der Waals surface area contributed by atoms with Gasteiger partial charge in [0.1, 0.15) is 0 Å². The third-order valence-electron chi connectivity index (χ3n) is 12.6. The van der Waals surface area contributed by atoms with Crippen molar-refractivity contribution in [3.8, 4) is 0 Å². The molecule has 4 radical (unpaired) electrons. The van der Waals surface area contributed by atoms with E-state index in [2.05, 4.69) is 187 Å². The average molecular weight is 795 g/mol. The summed E-state index contributed by atoms with van der Waals surface area (Å²) in [5.41, 5.74) is 15.7. The van der Waals surface area contributed by atoms with Crippen LogP contribution in [0.5, 0.6) is 0 Å². The van der Waals surface area contributed by atoms with Gasteiger partial charge in [0.05, 0.1) is 45.6 Å². The highest BCUT2D eigenvalue weighted by Gasteiger charge is 2.46. The molecule has 0 saturated carbocycles. The zero-order chi connectivity index (χ0) is 40.9. The molecule has 2 heterocycles. The number of hydrogen-bond donors (Lipinski definition) is 2. The van der Waals surface area contributed by atoms with Gasteiger partial charge in [-0.1, -0.05) is 72.8 Å². The lowest BCUT2D eigenvalue weighted by molar-refractivity contribution is 0.300. The second kappa shape index (κ2) is 16.4. The van der Waals surface area contributed by atoms with Crippen LogP contribution in [0.25, 0.3) is 0 Å². The van der Waals surface area contributed by atoms with E-state index in [1.54, 1.807) is 0 Å². The van der Waals surface area contributed by atoms with Crippen LogP contribution in [0.3, 0.4) is 0 Å². The monoisotopic (exact) mass is 794 g/mol. The van der Waals surface area contributed by atoms with E-state index in [0.29, 0.717) is 0 Å². The predicted octanol–water partition coefficient (Wildman–Crippen LogP) is 9.47. The van der Waals surface area contributed by atoms with Crippen LogP contribution >= 0.6 is 14.3 Å². The fourth-order valence-electron chi connectivity index (χ4n) is 10.3. The minimum absolute atomic E-state index is 0.0544. The number of rotatable bonds is 9. The number of nitrogens with one attached hydrogen (secondary N) is 2. The van der Waals surface area contributed by atoms with E-state index >= 15 is 0 Å². The maximum atomic E-state index is 7.96. The molecule has 0 fully saturated rings. The van der Waals surface area contributed by atoms with Gasteiger partial charge >= 0.3 is 15.1 Å². The molecular formula is C52H58B2N2P2+2. The molecule has 0 spiro atoms. The van der Waals surface area contributed by atoms with Crippen molar-refractivity contribution in [1.29, 1.82) is 0 Å². The van der Waals surface area contributed by atoms with Gasteiger partial charge in [-0.2, -0.15) is 0 Å². The van der Waals surface area contributed by atoms with E-state index in [4.69, 9.17) is 15.1 Å². The lowest BCUT2D eigenvalue weighted by Crippen LogP contribution is -2.52. The van der Waals surface area contributed by atoms with Crippen LogP contribution in [0.15, 0.2) is 121 Å². The van der Waals surface area contributed by atoms with E-state index in [1.165, 1.54) is 88.0 Å². The van der Waals surface area contributed by atoms with Gasteiger partial charge in [0.2, 0.25) is 0 Å². The van der Waals surface area contributed by atoms with Crippen LogP contribution < -0.4 is 31.9 Å². The van der Waals surface area contributed by atoms with E-state index < -0.39 is 14.3 Å². The summed E-state index contributed by atoms with van der Waals surface area (Å²) in [6.07, 6.45) is 3.63. The molecule has 6 heteroatoms. The van der Waals surface area contributed by atoms with Gasteiger partial charge in [-0.3, -0.25) is 0 Å². The van der Waals surface area contributed by atoms with Crippen molar-refractivity contribution in [3.05, 3.63) is 188 Å². The Balaban J connectivity index is 1.20. The fraction of sp³-hybridized carbons (Fsp3) is 0.308. The molecule has 2 aliphatic rings. The topological polar surface area (TPSA) is 24.1 Å². The Bertz CT molecular complexity index is 2140. The van der Waals surface area contributed by atoms with Crippen molar-refractivity contribution in [2.75, 3.05) is 12.3 Å². The molecule has 2 nitrogen and oxygen atoms in total. The molecule has 58 heavy (non-hydrogen) atoms. The first-order valence-corrected chi connectivity index (χ1v) is 25.1. The molecule has 0 aromatic heterocycles. The van der Waals surface area contributed by atoms with Gasteiger partial charge in [-0.25, -0.2) is 0 Å². The Morgan fingerprint density at radius 3 is 0.948 bits per heavy atom. The van der Waals surface area contributed by atoms with E-state index in [0.717, 1.165) is 25.2 Å². The number of fused-ring (bicyclic) bond motifs is 2. The first-order chi connectivity index (χ1) is 27.7. The van der Waals surface area contributed by atoms with Gasteiger partial charge in [0, 0.05) is 26.4 Å². The van der Waals surface area contributed by atoms with Crippen molar-refractivity contribution in [2.24, 2.45) is 0 Å². The largest absolute Gasteiger partial charge is 0.377 e. The van der Waals surface area contributed by atoms with E-state index in [9.17, 15) is 0 Å². The van der Waals surface area contributed by atoms with Crippen molar-refractivity contribution < 1.29 is 0 Å². The number of hydrogen-bond acceptors (Lipinski definition) is 2. The quantitative estimate of drug-likeness (QED) is 0.113. The van der Waals surface area contributed by atoms with Gasteiger partial charge in [0.15, 0.2) is 0 Å². The predicted molar refractivity (Wildman–Crippen MR) is 257 cm³/mol. The standard InChI is InChI=1S/C52H58B2N2P2/c1-33-17-34(2)22-45(21-33)57(53,46-23-35(3)18-36(4)24-46)31-43-29-41-13-9-11-15-49(41)51(55-43)52-50-16-12-10-14-42(50)30-44(56-52)32-58(54,47-25-37(5)19-38(6)26-47)48-27-39(7)20-40(8)28-48/h9-28,43-44,51-52,55-56H,29-32H2,1-8H3/q+2/t43-,44-,51-,52-/m0/s1. The Morgan fingerprint density at radius 1 is 0.414 bits per heavy atom. The Hall–Kier alpha value is -3.77. The van der Waals surface area contributed by atoms with Crippen LogP contribution in [-0.2, 0) is 12.8 Å². The minimum atomic E-state index is -2.31. The minimum Gasteiger partial charge on any atom is -0.302 e. The lowest BCUT2D eigenvalue weighted by atomic mass is 9.80. The summed E-state index contributed by atoms with van der Waals surface area (Å²) in [4.78, 5) is 0. The lowest BCUT2D eigenvalue weighted by Gasteiger charge is -2.44. The Morgan fingerprint density at radius 2 is 0.672 bits per heavy atom. The molecule has 0 aliphatic carbocycles. The molecule has 4 atom stereocenters. The highest BCUT2D eigenvalue weighted by Crippen LogP contribution is 2.55. The summed E-state index contributed by atoms with van der Waals surface area (Å²) in [7, 11) is 11.3. The van der Waals surface area contributed by atoms with Crippen molar-refractivity contribution in [1.82, 2.24) is 10.6 Å². The molecule has 0 bridgehead atoms. The average Bonchev–Trinajstić information content (AvgIpc) is 3.15. The Kier molecular flexibility index (Phi) is 11.6. The van der Waals surface area contributed by atoms with Crippen LogP contribution in [0, 0.1) is 55.4 Å². The van der Waals surface area contributed by atoms with Crippen molar-refractivity contribution in [3.63, 3.8) is 0 Å². The molecule has 2 aliphatic heterocycles. The van der Waals surface area contributed by atoms with Crippen molar-refractivity contribution >= 4 is 50.6 Å². The second-order valence-corrected chi connectivity index (χ2v) is 24.2. The summed E-state index contributed by atoms with van der Waals surface area (Å²) >= 11 is 0.